The number of nitrogens with one attached hydrogen (secondary N) is 1. The maximum Gasteiger partial charge on any atom is 0.180 e. The van der Waals surface area contributed by atoms with Crippen LogP contribution in [0.3, 0.4) is 0 Å². The van der Waals surface area contributed by atoms with Crippen LogP contribution in [-0.4, -0.2) is 4.98 Å². The average Bonchev–Trinajstić information content (AvgIpc) is 2.69. The molecule has 2 aromatic rings. The fourth-order valence-corrected chi connectivity index (χ4v) is 1.38. The second kappa shape index (κ2) is 4.31. The Morgan fingerprint density at radius 1 is 1.47 bits per heavy atom. The maximum atomic E-state index is 12.7. The van der Waals surface area contributed by atoms with Crippen LogP contribution < -0.4 is 5.32 Å². The SMILES string of the molecule is Fc1ccc(NCc2cnco2)c(Cl)c1. The Bertz CT molecular complexity index is 445. The highest BCUT2D eigenvalue weighted by Crippen LogP contribution is 2.22. The summed E-state index contributed by atoms with van der Waals surface area (Å²) in [4.78, 5) is 3.77. The van der Waals surface area contributed by atoms with Crippen LogP contribution in [0.5, 0.6) is 0 Å². The van der Waals surface area contributed by atoms with Crippen LogP contribution in [-0.2, 0) is 6.54 Å². The third-order valence-corrected chi connectivity index (χ3v) is 2.18. The van der Waals surface area contributed by atoms with Crippen LogP contribution in [0.15, 0.2) is 35.2 Å². The van der Waals surface area contributed by atoms with Crippen molar-refractivity contribution in [3.63, 3.8) is 0 Å². The highest BCUT2D eigenvalue weighted by Gasteiger charge is 2.02. The molecular weight excluding hydrogens is 219 g/mol. The summed E-state index contributed by atoms with van der Waals surface area (Å²) in [5, 5.41) is 3.35. The van der Waals surface area contributed by atoms with Crippen LogP contribution in [0.1, 0.15) is 5.76 Å². The quantitative estimate of drug-likeness (QED) is 0.874. The lowest BCUT2D eigenvalue weighted by molar-refractivity contribution is 0.512. The Balaban J connectivity index is 2.05. The van der Waals surface area contributed by atoms with Gasteiger partial charge in [0.2, 0.25) is 0 Å². The fraction of sp³-hybridized carbons (Fsp3) is 0.100. The first-order chi connectivity index (χ1) is 7.25. The van der Waals surface area contributed by atoms with Gasteiger partial charge in [0.15, 0.2) is 6.39 Å². The van der Waals surface area contributed by atoms with E-state index in [-0.39, 0.29) is 5.82 Å². The first kappa shape index (κ1) is 9.98. The Labute approximate surface area is 90.9 Å². The summed E-state index contributed by atoms with van der Waals surface area (Å²) in [7, 11) is 0. The Morgan fingerprint density at radius 3 is 3.00 bits per heavy atom. The zero-order chi connectivity index (χ0) is 10.7. The summed E-state index contributed by atoms with van der Waals surface area (Å²) in [6, 6.07) is 4.17. The van der Waals surface area contributed by atoms with Crippen molar-refractivity contribution < 1.29 is 8.81 Å². The van der Waals surface area contributed by atoms with E-state index >= 15 is 0 Å². The van der Waals surface area contributed by atoms with Crippen molar-refractivity contribution in [3.8, 4) is 0 Å². The van der Waals surface area contributed by atoms with Crippen LogP contribution in [0.4, 0.5) is 10.1 Å². The number of anilines is 1. The molecule has 0 atom stereocenters. The number of aromatic nitrogens is 1. The Morgan fingerprint density at radius 2 is 2.33 bits per heavy atom. The molecule has 2 rings (SSSR count). The van der Waals surface area contributed by atoms with E-state index in [1.807, 2.05) is 0 Å². The van der Waals surface area contributed by atoms with Crippen LogP contribution in [0.25, 0.3) is 0 Å². The van der Waals surface area contributed by atoms with Gasteiger partial charge in [-0.15, -0.1) is 0 Å². The molecule has 0 bridgehead atoms. The van der Waals surface area contributed by atoms with Gasteiger partial charge in [-0.1, -0.05) is 11.6 Å². The van der Waals surface area contributed by atoms with Crippen molar-refractivity contribution >= 4 is 17.3 Å². The second-order valence-corrected chi connectivity index (χ2v) is 3.35. The first-order valence-electron chi connectivity index (χ1n) is 4.32. The van der Waals surface area contributed by atoms with Crippen LogP contribution in [0.2, 0.25) is 5.02 Å². The molecule has 0 radical (unpaired) electrons. The van der Waals surface area contributed by atoms with E-state index in [2.05, 4.69) is 10.3 Å². The number of halogens is 2. The monoisotopic (exact) mass is 226 g/mol. The van der Waals surface area contributed by atoms with E-state index in [4.69, 9.17) is 16.0 Å². The number of hydrogen-bond acceptors (Lipinski definition) is 3. The lowest BCUT2D eigenvalue weighted by atomic mass is 10.3. The molecule has 3 nitrogen and oxygen atoms in total. The topological polar surface area (TPSA) is 38.1 Å². The lowest BCUT2D eigenvalue weighted by Gasteiger charge is -2.05. The Hall–Kier alpha value is -1.55. The summed E-state index contributed by atoms with van der Waals surface area (Å²) in [5.41, 5.74) is 0.662. The lowest BCUT2D eigenvalue weighted by Crippen LogP contribution is -1.98. The summed E-state index contributed by atoms with van der Waals surface area (Å²) in [6.07, 6.45) is 2.95. The molecule has 1 aromatic heterocycles. The number of hydrogen-bond donors (Lipinski definition) is 1. The normalized spacial score (nSPS) is 10.3. The van der Waals surface area contributed by atoms with Gasteiger partial charge in [-0.2, -0.15) is 0 Å². The number of oxazole rings is 1. The van der Waals surface area contributed by atoms with Crippen molar-refractivity contribution in [1.82, 2.24) is 4.98 Å². The van der Waals surface area contributed by atoms with Crippen molar-refractivity contribution in [2.75, 3.05) is 5.32 Å². The first-order valence-corrected chi connectivity index (χ1v) is 4.70. The zero-order valence-electron chi connectivity index (χ0n) is 7.71. The predicted octanol–water partition coefficient (Wildman–Crippen LogP) is 3.08. The smallest absolute Gasteiger partial charge is 0.180 e. The summed E-state index contributed by atoms with van der Waals surface area (Å²) < 4.78 is 17.7. The van der Waals surface area contributed by atoms with Gasteiger partial charge in [0, 0.05) is 0 Å². The van der Waals surface area contributed by atoms with Gasteiger partial charge in [0.05, 0.1) is 23.5 Å². The van der Waals surface area contributed by atoms with E-state index in [1.54, 1.807) is 12.3 Å². The minimum Gasteiger partial charge on any atom is -0.447 e. The molecule has 0 unspecified atom stereocenters. The van der Waals surface area contributed by atoms with Gasteiger partial charge in [-0.25, -0.2) is 9.37 Å². The molecule has 1 aromatic carbocycles. The molecule has 1 N–H and O–H groups in total. The largest absolute Gasteiger partial charge is 0.447 e. The highest BCUT2D eigenvalue weighted by molar-refractivity contribution is 6.33. The van der Waals surface area contributed by atoms with Crippen molar-refractivity contribution in [2.24, 2.45) is 0 Å². The molecule has 0 spiro atoms. The third-order valence-electron chi connectivity index (χ3n) is 1.87. The van der Waals surface area contributed by atoms with Gasteiger partial charge < -0.3 is 9.73 Å². The predicted molar refractivity (Wildman–Crippen MR) is 55.2 cm³/mol. The van der Waals surface area contributed by atoms with Crippen LogP contribution >= 0.6 is 11.6 Å². The van der Waals surface area contributed by atoms with Gasteiger partial charge >= 0.3 is 0 Å². The molecule has 15 heavy (non-hydrogen) atoms. The minimum absolute atomic E-state index is 0.342. The molecule has 0 saturated heterocycles. The molecule has 0 aliphatic rings. The van der Waals surface area contributed by atoms with Crippen molar-refractivity contribution in [2.45, 2.75) is 6.54 Å². The molecule has 0 aliphatic carbocycles. The molecule has 1 heterocycles. The van der Waals surface area contributed by atoms with Gasteiger partial charge in [0.1, 0.15) is 11.6 Å². The number of benzene rings is 1. The van der Waals surface area contributed by atoms with Gasteiger partial charge in [-0.3, -0.25) is 0 Å². The van der Waals surface area contributed by atoms with E-state index in [9.17, 15) is 4.39 Å². The van der Waals surface area contributed by atoms with Crippen molar-refractivity contribution in [3.05, 3.63) is 47.4 Å². The molecule has 0 fully saturated rings. The van der Waals surface area contributed by atoms with Crippen molar-refractivity contribution in [1.29, 1.82) is 0 Å². The van der Waals surface area contributed by atoms with E-state index < -0.39 is 0 Å². The molecule has 0 saturated carbocycles. The maximum absolute atomic E-state index is 12.7. The summed E-state index contributed by atoms with van der Waals surface area (Å²) >= 11 is 5.82. The van der Waals surface area contributed by atoms with Gasteiger partial charge in [-0.05, 0) is 18.2 Å². The van der Waals surface area contributed by atoms with Crippen LogP contribution in [0, 0.1) is 5.82 Å². The van der Waals surface area contributed by atoms with E-state index in [0.717, 1.165) is 0 Å². The zero-order valence-corrected chi connectivity index (χ0v) is 8.46. The standard InChI is InChI=1S/C10H8ClFN2O/c11-9-3-7(12)1-2-10(9)14-5-8-4-13-6-15-8/h1-4,6,14H,5H2. The number of nitrogens with zero attached hydrogens (tertiary/aromatic N) is 1. The molecule has 5 heteroatoms. The average molecular weight is 227 g/mol. The summed E-state index contributed by atoms with van der Waals surface area (Å²) in [5.74, 6) is 0.334. The minimum atomic E-state index is -0.356. The molecular formula is C10H8ClFN2O. The fourth-order valence-electron chi connectivity index (χ4n) is 1.14. The third kappa shape index (κ3) is 2.47. The number of rotatable bonds is 3. The molecule has 78 valence electrons. The Kier molecular flexibility index (Phi) is 2.87. The second-order valence-electron chi connectivity index (χ2n) is 2.95. The molecule has 0 aliphatic heterocycles. The van der Waals surface area contributed by atoms with E-state index in [0.29, 0.717) is 23.0 Å². The van der Waals surface area contributed by atoms with E-state index in [1.165, 1.54) is 18.5 Å². The highest BCUT2D eigenvalue weighted by atomic mass is 35.5. The summed E-state index contributed by atoms with van der Waals surface area (Å²) in [6.45, 7) is 0.464. The molecule has 0 amide bonds. The van der Waals surface area contributed by atoms with Gasteiger partial charge in [0.25, 0.3) is 0 Å².